The summed E-state index contributed by atoms with van der Waals surface area (Å²) >= 11 is 0. The van der Waals surface area contributed by atoms with Crippen LogP contribution in [0.2, 0.25) is 0 Å². The van der Waals surface area contributed by atoms with E-state index < -0.39 is 11.5 Å². The monoisotopic (exact) mass is 147 g/mol. The molecule has 4 nitrogen and oxygen atoms in total. The number of hydroxylamine groups is 1. The van der Waals surface area contributed by atoms with Crippen LogP contribution in [0.3, 0.4) is 0 Å². The first-order valence-corrected chi connectivity index (χ1v) is 3.09. The Labute approximate surface area is 59.8 Å². The summed E-state index contributed by atoms with van der Waals surface area (Å²) in [6.45, 7) is 4.87. The first kappa shape index (κ1) is 9.39. The third-order valence-electron chi connectivity index (χ3n) is 1.83. The molecule has 1 atom stereocenters. The molecule has 0 unspecified atom stereocenters. The summed E-state index contributed by atoms with van der Waals surface area (Å²) in [5.74, 6) is -1.21. The maximum Gasteiger partial charge on any atom is 0.326 e. The fraction of sp³-hybridized carbons (Fsp3) is 0.833. The lowest BCUT2D eigenvalue weighted by Crippen LogP contribution is -2.52. The van der Waals surface area contributed by atoms with E-state index in [4.69, 9.17) is 10.3 Å². The van der Waals surface area contributed by atoms with E-state index in [0.717, 1.165) is 0 Å². The van der Waals surface area contributed by atoms with Gasteiger partial charge in [0.15, 0.2) is 0 Å². The van der Waals surface area contributed by atoms with Gasteiger partial charge in [0, 0.05) is 0 Å². The second-order valence-corrected chi connectivity index (χ2v) is 2.77. The van der Waals surface area contributed by atoms with Crippen LogP contribution in [0.1, 0.15) is 20.8 Å². The van der Waals surface area contributed by atoms with Gasteiger partial charge in [-0.05, 0) is 12.8 Å². The Balaban J connectivity index is 4.38. The average Bonchev–Trinajstić information content (AvgIpc) is 1.85. The summed E-state index contributed by atoms with van der Waals surface area (Å²) in [5.41, 5.74) is 0.542. The summed E-state index contributed by atoms with van der Waals surface area (Å²) in [4.78, 5) is 10.5. The van der Waals surface area contributed by atoms with Crippen molar-refractivity contribution in [1.29, 1.82) is 0 Å². The predicted octanol–water partition coefficient (Wildman–Crippen LogP) is 0.464. The lowest BCUT2D eigenvalue weighted by atomic mass is 9.90. The number of hydrogen-bond donors (Lipinski definition) is 3. The van der Waals surface area contributed by atoms with Crippen molar-refractivity contribution >= 4 is 5.97 Å². The number of carbonyl (C=O) groups is 1. The molecule has 10 heavy (non-hydrogen) atoms. The van der Waals surface area contributed by atoms with Crippen molar-refractivity contribution in [2.45, 2.75) is 26.3 Å². The zero-order chi connectivity index (χ0) is 8.36. The van der Waals surface area contributed by atoms with Crippen molar-refractivity contribution in [3.63, 3.8) is 0 Å². The standard InChI is InChI=1S/C6H13NO3/c1-4(2)6(3,7-10)5(8)9/h4,7,10H,1-3H3,(H,8,9)/t6-/m0/s1. The third-order valence-corrected chi connectivity index (χ3v) is 1.83. The number of nitrogens with one attached hydrogen (secondary N) is 1. The molecule has 4 heteroatoms. The van der Waals surface area contributed by atoms with Gasteiger partial charge in [-0.15, -0.1) is 0 Å². The number of hydrogen-bond acceptors (Lipinski definition) is 3. The third kappa shape index (κ3) is 1.46. The van der Waals surface area contributed by atoms with Gasteiger partial charge in [-0.3, -0.25) is 4.79 Å². The Hall–Kier alpha value is -0.610. The Morgan fingerprint density at radius 1 is 1.60 bits per heavy atom. The van der Waals surface area contributed by atoms with Gasteiger partial charge in [-0.2, -0.15) is 5.48 Å². The largest absolute Gasteiger partial charge is 0.480 e. The zero-order valence-electron chi connectivity index (χ0n) is 6.38. The highest BCUT2D eigenvalue weighted by Gasteiger charge is 2.35. The van der Waals surface area contributed by atoms with Crippen LogP contribution >= 0.6 is 0 Å². The zero-order valence-corrected chi connectivity index (χ0v) is 6.38. The highest BCUT2D eigenvalue weighted by molar-refractivity contribution is 5.78. The number of carboxylic acid groups (broad SMARTS) is 1. The maximum absolute atomic E-state index is 10.5. The van der Waals surface area contributed by atoms with Gasteiger partial charge in [-0.1, -0.05) is 13.8 Å². The number of rotatable bonds is 3. The molecule has 0 saturated carbocycles. The van der Waals surface area contributed by atoms with Crippen LogP contribution in [-0.2, 0) is 4.79 Å². The molecule has 0 fully saturated rings. The van der Waals surface area contributed by atoms with Gasteiger partial charge >= 0.3 is 5.97 Å². The Kier molecular flexibility index (Phi) is 2.80. The van der Waals surface area contributed by atoms with E-state index in [9.17, 15) is 4.79 Å². The molecule has 0 spiro atoms. The van der Waals surface area contributed by atoms with Gasteiger partial charge in [0.05, 0.1) is 0 Å². The van der Waals surface area contributed by atoms with E-state index in [1.54, 1.807) is 19.3 Å². The van der Waals surface area contributed by atoms with Crippen molar-refractivity contribution in [2.24, 2.45) is 5.92 Å². The lowest BCUT2D eigenvalue weighted by Gasteiger charge is -2.26. The molecule has 0 saturated heterocycles. The van der Waals surface area contributed by atoms with E-state index >= 15 is 0 Å². The molecule has 0 aliphatic rings. The summed E-state index contributed by atoms with van der Waals surface area (Å²) in [5, 5.41) is 17.1. The summed E-state index contributed by atoms with van der Waals surface area (Å²) in [6.07, 6.45) is 0. The summed E-state index contributed by atoms with van der Waals surface area (Å²) in [7, 11) is 0. The maximum atomic E-state index is 10.5. The Morgan fingerprint density at radius 2 is 2.00 bits per heavy atom. The van der Waals surface area contributed by atoms with Crippen molar-refractivity contribution in [2.75, 3.05) is 0 Å². The van der Waals surface area contributed by atoms with Crippen LogP contribution in [0.15, 0.2) is 0 Å². The highest BCUT2D eigenvalue weighted by atomic mass is 16.5. The first-order chi connectivity index (χ1) is 4.45. The van der Waals surface area contributed by atoms with Crippen molar-refractivity contribution in [1.82, 2.24) is 5.48 Å². The molecule has 0 bridgehead atoms. The van der Waals surface area contributed by atoms with Gasteiger partial charge in [0.2, 0.25) is 0 Å². The number of carboxylic acids is 1. The molecular formula is C6H13NO3. The second-order valence-electron chi connectivity index (χ2n) is 2.77. The SMILES string of the molecule is CC(C)[C@](C)(NO)C(=O)O. The van der Waals surface area contributed by atoms with Crippen LogP contribution in [0.25, 0.3) is 0 Å². The van der Waals surface area contributed by atoms with Crippen molar-refractivity contribution in [3.8, 4) is 0 Å². The van der Waals surface area contributed by atoms with Crippen LogP contribution in [0.5, 0.6) is 0 Å². The predicted molar refractivity (Wildman–Crippen MR) is 35.8 cm³/mol. The molecule has 0 radical (unpaired) electrons. The normalized spacial score (nSPS) is 16.9. The Bertz CT molecular complexity index is 135. The van der Waals surface area contributed by atoms with Gasteiger partial charge in [-0.25, -0.2) is 0 Å². The molecule has 0 rings (SSSR count). The van der Waals surface area contributed by atoms with Gasteiger partial charge < -0.3 is 10.3 Å². The quantitative estimate of drug-likeness (QED) is 0.507. The summed E-state index contributed by atoms with van der Waals surface area (Å²) < 4.78 is 0. The topological polar surface area (TPSA) is 69.6 Å². The van der Waals surface area contributed by atoms with Crippen LogP contribution < -0.4 is 5.48 Å². The van der Waals surface area contributed by atoms with E-state index in [1.165, 1.54) is 6.92 Å². The summed E-state index contributed by atoms with van der Waals surface area (Å²) in [6, 6.07) is 0. The first-order valence-electron chi connectivity index (χ1n) is 3.09. The smallest absolute Gasteiger partial charge is 0.326 e. The van der Waals surface area contributed by atoms with E-state index in [2.05, 4.69) is 0 Å². The van der Waals surface area contributed by atoms with E-state index in [1.807, 2.05) is 0 Å². The molecule has 0 heterocycles. The fourth-order valence-corrected chi connectivity index (χ4v) is 0.424. The molecule has 0 aromatic carbocycles. The fourth-order valence-electron chi connectivity index (χ4n) is 0.424. The molecule has 60 valence electrons. The molecule has 3 N–H and O–H groups in total. The van der Waals surface area contributed by atoms with Crippen LogP contribution in [-0.4, -0.2) is 21.8 Å². The van der Waals surface area contributed by atoms with Crippen molar-refractivity contribution in [3.05, 3.63) is 0 Å². The van der Waals surface area contributed by atoms with Gasteiger partial charge in [0.25, 0.3) is 0 Å². The molecule has 0 aliphatic heterocycles. The van der Waals surface area contributed by atoms with Gasteiger partial charge in [0.1, 0.15) is 5.54 Å². The van der Waals surface area contributed by atoms with E-state index in [-0.39, 0.29) is 5.92 Å². The minimum absolute atomic E-state index is 0.157. The molecular weight excluding hydrogens is 134 g/mol. The molecule has 0 amide bonds. The highest BCUT2D eigenvalue weighted by Crippen LogP contribution is 2.15. The minimum Gasteiger partial charge on any atom is -0.480 e. The average molecular weight is 147 g/mol. The molecule has 0 aromatic heterocycles. The van der Waals surface area contributed by atoms with Crippen molar-refractivity contribution < 1.29 is 15.1 Å². The minimum atomic E-state index is -1.24. The molecule has 0 aromatic rings. The Morgan fingerprint density at radius 3 is 2.00 bits per heavy atom. The van der Waals surface area contributed by atoms with Crippen LogP contribution in [0.4, 0.5) is 0 Å². The van der Waals surface area contributed by atoms with Crippen LogP contribution in [0, 0.1) is 5.92 Å². The second kappa shape index (κ2) is 2.98. The molecule has 0 aliphatic carbocycles. The lowest BCUT2D eigenvalue weighted by molar-refractivity contribution is -0.151. The number of aliphatic carboxylic acids is 1. The van der Waals surface area contributed by atoms with E-state index in [0.29, 0.717) is 0 Å².